The number of benzene rings is 2. The molecule has 0 saturated heterocycles. The van der Waals surface area contributed by atoms with E-state index in [1.165, 1.54) is 0 Å². The van der Waals surface area contributed by atoms with Gasteiger partial charge in [0.2, 0.25) is 5.82 Å². The van der Waals surface area contributed by atoms with Crippen molar-refractivity contribution in [3.63, 3.8) is 0 Å². The van der Waals surface area contributed by atoms with E-state index in [1.807, 2.05) is 42.6 Å². The van der Waals surface area contributed by atoms with Crippen molar-refractivity contribution in [1.82, 2.24) is 15.1 Å². The maximum atomic E-state index is 6.35. The Kier molecular flexibility index (Phi) is 5.12. The fourth-order valence-electron chi connectivity index (χ4n) is 2.94. The van der Waals surface area contributed by atoms with E-state index < -0.39 is 0 Å². The average molecular weight is 382 g/mol. The lowest BCUT2D eigenvalue weighted by molar-refractivity contribution is 0.306. The molecule has 4 rings (SSSR count). The number of aromatic nitrogens is 3. The van der Waals surface area contributed by atoms with E-state index >= 15 is 0 Å². The molecule has 6 heteroatoms. The van der Waals surface area contributed by atoms with Crippen LogP contribution in [0, 0.1) is 0 Å². The quantitative estimate of drug-likeness (QED) is 0.392. The summed E-state index contributed by atoms with van der Waals surface area (Å²) < 4.78 is 11.2. The number of unbranched alkanes of at least 4 members (excludes halogenated alkanes) is 2. The van der Waals surface area contributed by atoms with E-state index in [-0.39, 0.29) is 0 Å². The second kappa shape index (κ2) is 7.84. The minimum atomic E-state index is 0.429. The molecule has 0 bridgehead atoms. The average Bonchev–Trinajstić information content (AvgIpc) is 3.35. The Morgan fingerprint density at radius 1 is 1.07 bits per heavy atom. The highest BCUT2D eigenvalue weighted by molar-refractivity contribution is 6.32. The van der Waals surface area contributed by atoms with Gasteiger partial charge in [-0.15, -0.1) is 0 Å². The maximum Gasteiger partial charge on any atom is 0.258 e. The van der Waals surface area contributed by atoms with Crippen molar-refractivity contribution in [1.29, 1.82) is 0 Å². The summed E-state index contributed by atoms with van der Waals surface area (Å²) in [6.45, 7) is 2.83. The van der Waals surface area contributed by atoms with Crippen LogP contribution in [-0.4, -0.2) is 21.7 Å². The van der Waals surface area contributed by atoms with Crippen LogP contribution in [0.2, 0.25) is 5.02 Å². The summed E-state index contributed by atoms with van der Waals surface area (Å²) in [6, 6.07) is 13.5. The summed E-state index contributed by atoms with van der Waals surface area (Å²) in [5.41, 5.74) is 2.74. The van der Waals surface area contributed by atoms with Crippen molar-refractivity contribution in [2.45, 2.75) is 26.2 Å². The Morgan fingerprint density at radius 3 is 2.81 bits per heavy atom. The summed E-state index contributed by atoms with van der Waals surface area (Å²) >= 11 is 6.35. The number of hydrogen-bond acceptors (Lipinski definition) is 4. The van der Waals surface area contributed by atoms with Gasteiger partial charge < -0.3 is 14.2 Å². The van der Waals surface area contributed by atoms with Crippen molar-refractivity contribution in [2.24, 2.45) is 0 Å². The molecule has 27 heavy (non-hydrogen) atoms. The summed E-state index contributed by atoms with van der Waals surface area (Å²) in [5, 5.41) is 5.75. The summed E-state index contributed by atoms with van der Waals surface area (Å²) in [4.78, 5) is 7.68. The zero-order chi connectivity index (χ0) is 18.6. The van der Waals surface area contributed by atoms with Crippen molar-refractivity contribution in [2.75, 3.05) is 6.61 Å². The standard InChI is InChI=1S/C21H20ClN3O2/c1-2-3-4-11-26-19-8-6-16(13-17(19)22)21-24-20(25-27-21)15-5-7-18-14(12-15)9-10-23-18/h5-10,12-13,23H,2-4,11H2,1H3. The number of aromatic amines is 1. The van der Waals surface area contributed by atoms with Gasteiger partial charge in [0.15, 0.2) is 0 Å². The SMILES string of the molecule is CCCCCOc1ccc(-c2nc(-c3ccc4[nH]ccc4c3)no2)cc1Cl. The van der Waals surface area contributed by atoms with Gasteiger partial charge in [-0.25, -0.2) is 0 Å². The van der Waals surface area contributed by atoms with Gasteiger partial charge in [-0.05, 0) is 48.9 Å². The Bertz CT molecular complexity index is 1050. The molecule has 0 aliphatic carbocycles. The maximum absolute atomic E-state index is 6.35. The molecule has 0 unspecified atom stereocenters. The normalized spacial score (nSPS) is 11.2. The molecular formula is C21H20ClN3O2. The first-order chi connectivity index (χ1) is 13.2. The van der Waals surface area contributed by atoms with Crippen LogP contribution in [0.15, 0.2) is 53.2 Å². The van der Waals surface area contributed by atoms with Crippen LogP contribution in [0.3, 0.4) is 0 Å². The third-order valence-electron chi connectivity index (χ3n) is 4.42. The monoisotopic (exact) mass is 381 g/mol. The van der Waals surface area contributed by atoms with Crippen LogP contribution >= 0.6 is 11.6 Å². The molecule has 1 N–H and O–H groups in total. The van der Waals surface area contributed by atoms with Crippen LogP contribution in [0.25, 0.3) is 33.7 Å². The van der Waals surface area contributed by atoms with E-state index in [0.717, 1.165) is 41.3 Å². The molecule has 0 radical (unpaired) electrons. The van der Waals surface area contributed by atoms with Crippen LogP contribution in [0.4, 0.5) is 0 Å². The largest absolute Gasteiger partial charge is 0.492 e. The molecule has 138 valence electrons. The number of ether oxygens (including phenoxy) is 1. The highest BCUT2D eigenvalue weighted by Crippen LogP contribution is 2.31. The van der Waals surface area contributed by atoms with Crippen molar-refractivity contribution >= 4 is 22.5 Å². The Balaban J connectivity index is 1.53. The summed E-state index contributed by atoms with van der Waals surface area (Å²) in [5.74, 6) is 1.65. The highest BCUT2D eigenvalue weighted by atomic mass is 35.5. The number of hydrogen-bond donors (Lipinski definition) is 1. The lowest BCUT2D eigenvalue weighted by Gasteiger charge is -2.08. The van der Waals surface area contributed by atoms with E-state index in [0.29, 0.717) is 29.1 Å². The van der Waals surface area contributed by atoms with Gasteiger partial charge >= 0.3 is 0 Å². The van der Waals surface area contributed by atoms with Gasteiger partial charge in [0.05, 0.1) is 11.6 Å². The van der Waals surface area contributed by atoms with Crippen LogP contribution in [0.5, 0.6) is 5.75 Å². The summed E-state index contributed by atoms with van der Waals surface area (Å²) in [6.07, 6.45) is 5.23. The number of nitrogens with one attached hydrogen (secondary N) is 1. The van der Waals surface area contributed by atoms with Gasteiger partial charge in [0, 0.05) is 28.2 Å². The fourth-order valence-corrected chi connectivity index (χ4v) is 3.17. The highest BCUT2D eigenvalue weighted by Gasteiger charge is 2.13. The molecule has 0 amide bonds. The number of nitrogens with zero attached hydrogens (tertiary/aromatic N) is 2. The molecule has 5 nitrogen and oxygen atoms in total. The molecule has 0 atom stereocenters. The predicted octanol–water partition coefficient (Wildman–Crippen LogP) is 6.11. The first-order valence-electron chi connectivity index (χ1n) is 9.08. The summed E-state index contributed by atoms with van der Waals surface area (Å²) in [7, 11) is 0. The lowest BCUT2D eigenvalue weighted by atomic mass is 10.1. The van der Waals surface area contributed by atoms with Crippen molar-refractivity contribution in [3.8, 4) is 28.6 Å². The third-order valence-corrected chi connectivity index (χ3v) is 4.72. The number of halogens is 1. The minimum absolute atomic E-state index is 0.429. The molecule has 0 fully saturated rings. The van der Waals surface area contributed by atoms with Crippen LogP contribution in [0.1, 0.15) is 26.2 Å². The lowest BCUT2D eigenvalue weighted by Crippen LogP contribution is -1.97. The molecule has 2 heterocycles. The number of rotatable bonds is 7. The second-order valence-corrected chi connectivity index (χ2v) is 6.81. The van der Waals surface area contributed by atoms with Crippen LogP contribution < -0.4 is 4.74 Å². The number of H-pyrrole nitrogens is 1. The van der Waals surface area contributed by atoms with Gasteiger partial charge in [-0.1, -0.05) is 36.5 Å². The molecule has 0 saturated carbocycles. The molecule has 4 aromatic rings. The first-order valence-corrected chi connectivity index (χ1v) is 9.46. The Morgan fingerprint density at radius 2 is 1.96 bits per heavy atom. The van der Waals surface area contributed by atoms with E-state index in [1.54, 1.807) is 6.07 Å². The molecule has 2 aromatic heterocycles. The van der Waals surface area contributed by atoms with E-state index in [2.05, 4.69) is 22.0 Å². The van der Waals surface area contributed by atoms with E-state index in [4.69, 9.17) is 20.9 Å². The molecule has 0 aliphatic rings. The van der Waals surface area contributed by atoms with Crippen molar-refractivity contribution < 1.29 is 9.26 Å². The zero-order valence-corrected chi connectivity index (χ0v) is 15.8. The van der Waals surface area contributed by atoms with E-state index in [9.17, 15) is 0 Å². The Labute approximate surface area is 162 Å². The predicted molar refractivity (Wildman–Crippen MR) is 107 cm³/mol. The smallest absolute Gasteiger partial charge is 0.258 e. The van der Waals surface area contributed by atoms with Gasteiger partial charge in [0.1, 0.15) is 5.75 Å². The zero-order valence-electron chi connectivity index (χ0n) is 15.0. The van der Waals surface area contributed by atoms with Gasteiger partial charge in [-0.3, -0.25) is 0 Å². The fraction of sp³-hybridized carbons (Fsp3) is 0.238. The second-order valence-electron chi connectivity index (χ2n) is 6.40. The van der Waals surface area contributed by atoms with Gasteiger partial charge in [-0.2, -0.15) is 4.98 Å². The molecule has 2 aromatic carbocycles. The molecule has 0 spiro atoms. The van der Waals surface area contributed by atoms with Crippen LogP contribution in [-0.2, 0) is 0 Å². The Hall–Kier alpha value is -2.79. The molecule has 0 aliphatic heterocycles. The topological polar surface area (TPSA) is 63.9 Å². The molecular weight excluding hydrogens is 362 g/mol. The number of fused-ring (bicyclic) bond motifs is 1. The van der Waals surface area contributed by atoms with Gasteiger partial charge in [0.25, 0.3) is 5.89 Å². The minimum Gasteiger partial charge on any atom is -0.492 e. The van der Waals surface area contributed by atoms with Crippen molar-refractivity contribution in [3.05, 3.63) is 53.7 Å². The third kappa shape index (κ3) is 3.83. The first kappa shape index (κ1) is 17.6.